The van der Waals surface area contributed by atoms with E-state index in [2.05, 4.69) is 4.90 Å². The van der Waals surface area contributed by atoms with Crippen LogP contribution in [0.4, 0.5) is 4.39 Å². The first-order chi connectivity index (χ1) is 12.7. The van der Waals surface area contributed by atoms with Crippen LogP contribution in [0.25, 0.3) is 0 Å². The van der Waals surface area contributed by atoms with E-state index in [9.17, 15) is 9.18 Å². The summed E-state index contributed by atoms with van der Waals surface area (Å²) in [4.78, 5) is 16.8. The molecule has 0 N–H and O–H groups in total. The van der Waals surface area contributed by atoms with Gasteiger partial charge in [-0.25, -0.2) is 4.39 Å². The Morgan fingerprint density at radius 2 is 2.04 bits per heavy atom. The van der Waals surface area contributed by atoms with Crippen molar-refractivity contribution in [3.05, 3.63) is 54.2 Å². The molecule has 1 atom stereocenters. The lowest BCUT2D eigenvalue weighted by Gasteiger charge is -2.42. The average Bonchev–Trinajstić information content (AvgIpc) is 3.12. The molecule has 0 saturated carbocycles. The van der Waals surface area contributed by atoms with Crippen molar-refractivity contribution in [3.63, 3.8) is 0 Å². The Morgan fingerprint density at radius 1 is 1.19 bits per heavy atom. The number of rotatable bonds is 5. The van der Waals surface area contributed by atoms with E-state index in [1.807, 2.05) is 17.0 Å². The fourth-order valence-electron chi connectivity index (χ4n) is 3.69. The highest BCUT2D eigenvalue weighted by molar-refractivity contribution is 5.80. The molecule has 1 aromatic heterocycles. The maximum Gasteiger partial charge on any atom is 0.227 e. The number of hydrogen-bond donors (Lipinski definition) is 0. The molecule has 5 nitrogen and oxygen atoms in total. The molecule has 4 rings (SSSR count). The Morgan fingerprint density at radius 3 is 2.81 bits per heavy atom. The summed E-state index contributed by atoms with van der Waals surface area (Å²) in [5.41, 5.74) is 0. The Hall–Kier alpha value is -2.34. The third kappa shape index (κ3) is 3.75. The molecule has 2 fully saturated rings. The lowest BCUT2D eigenvalue weighted by molar-refractivity contribution is -0.146. The van der Waals surface area contributed by atoms with Crippen LogP contribution in [0.5, 0.6) is 5.75 Å². The largest absolute Gasteiger partial charge is 0.484 e. The molecular formula is C20H23FN2O3. The number of para-hydroxylation sites is 1. The van der Waals surface area contributed by atoms with Gasteiger partial charge in [-0.15, -0.1) is 0 Å². The van der Waals surface area contributed by atoms with Crippen LogP contribution < -0.4 is 4.74 Å². The van der Waals surface area contributed by atoms with Crippen LogP contribution >= 0.6 is 0 Å². The molecule has 1 amide bonds. The van der Waals surface area contributed by atoms with Crippen LogP contribution in [-0.2, 0) is 11.3 Å². The lowest BCUT2D eigenvalue weighted by Crippen LogP contribution is -2.59. The van der Waals surface area contributed by atoms with E-state index in [0.717, 1.165) is 38.2 Å². The first kappa shape index (κ1) is 17.1. The second kappa shape index (κ2) is 7.50. The predicted octanol–water partition coefficient (Wildman–Crippen LogP) is 2.92. The van der Waals surface area contributed by atoms with Gasteiger partial charge >= 0.3 is 0 Å². The summed E-state index contributed by atoms with van der Waals surface area (Å²) >= 11 is 0. The Bertz CT molecular complexity index is 743. The maximum absolute atomic E-state index is 13.6. The minimum Gasteiger partial charge on any atom is -0.484 e. The molecule has 0 aliphatic carbocycles. The van der Waals surface area contributed by atoms with Crippen molar-refractivity contribution in [1.82, 2.24) is 9.80 Å². The quantitative estimate of drug-likeness (QED) is 0.825. The van der Waals surface area contributed by atoms with Crippen LogP contribution in [0.15, 0.2) is 47.1 Å². The number of benzene rings is 1. The molecule has 2 aromatic rings. The first-order valence-corrected chi connectivity index (χ1v) is 9.14. The molecular weight excluding hydrogens is 335 g/mol. The third-order valence-electron chi connectivity index (χ3n) is 5.10. The molecule has 3 heterocycles. The highest BCUT2D eigenvalue weighted by atomic mass is 19.1. The summed E-state index contributed by atoms with van der Waals surface area (Å²) in [5.74, 6) is 1.03. The highest BCUT2D eigenvalue weighted by Crippen LogP contribution is 2.25. The smallest absolute Gasteiger partial charge is 0.227 e. The van der Waals surface area contributed by atoms with Crippen LogP contribution in [0.2, 0.25) is 0 Å². The molecule has 2 saturated heterocycles. The van der Waals surface area contributed by atoms with E-state index in [1.165, 1.54) is 6.07 Å². The van der Waals surface area contributed by atoms with Gasteiger partial charge in [0.15, 0.2) is 11.6 Å². The van der Waals surface area contributed by atoms with E-state index in [1.54, 1.807) is 24.5 Å². The zero-order valence-corrected chi connectivity index (χ0v) is 14.6. The second-order valence-corrected chi connectivity index (χ2v) is 7.07. The SMILES string of the molecule is O=C([C@H]1CCCN(Cc2ccco2)C1)N1CC(Oc2ccccc2F)C1. The minimum atomic E-state index is -0.363. The molecule has 26 heavy (non-hydrogen) atoms. The molecule has 2 aliphatic heterocycles. The number of ether oxygens (including phenoxy) is 1. The van der Waals surface area contributed by atoms with Crippen molar-refractivity contribution in [2.24, 2.45) is 5.92 Å². The van der Waals surface area contributed by atoms with E-state index >= 15 is 0 Å². The highest BCUT2D eigenvalue weighted by Gasteiger charge is 2.37. The summed E-state index contributed by atoms with van der Waals surface area (Å²) in [7, 11) is 0. The molecule has 0 spiro atoms. The number of amides is 1. The molecule has 0 bridgehead atoms. The molecule has 6 heteroatoms. The third-order valence-corrected chi connectivity index (χ3v) is 5.10. The summed E-state index contributed by atoms with van der Waals surface area (Å²) < 4.78 is 24.7. The fraction of sp³-hybridized carbons (Fsp3) is 0.450. The molecule has 138 valence electrons. The Kier molecular flexibility index (Phi) is 4.93. The first-order valence-electron chi connectivity index (χ1n) is 9.14. The van der Waals surface area contributed by atoms with Gasteiger partial charge in [0, 0.05) is 6.54 Å². The number of carbonyl (C=O) groups excluding carboxylic acids is 1. The number of halogens is 1. The van der Waals surface area contributed by atoms with Gasteiger partial charge < -0.3 is 14.1 Å². The van der Waals surface area contributed by atoms with Gasteiger partial charge in [-0.3, -0.25) is 9.69 Å². The van der Waals surface area contributed by atoms with Crippen molar-refractivity contribution in [2.75, 3.05) is 26.2 Å². The van der Waals surface area contributed by atoms with Crippen LogP contribution in [0.3, 0.4) is 0 Å². The molecule has 0 unspecified atom stereocenters. The van der Waals surface area contributed by atoms with E-state index < -0.39 is 0 Å². The fourth-order valence-corrected chi connectivity index (χ4v) is 3.69. The monoisotopic (exact) mass is 358 g/mol. The zero-order valence-electron chi connectivity index (χ0n) is 14.6. The van der Waals surface area contributed by atoms with Crippen molar-refractivity contribution in [3.8, 4) is 5.75 Å². The summed E-state index contributed by atoms with van der Waals surface area (Å²) in [6.07, 6.45) is 3.49. The van der Waals surface area contributed by atoms with E-state index in [0.29, 0.717) is 13.1 Å². The Labute approximate surface area is 152 Å². The standard InChI is InChI=1S/C20H23FN2O3/c21-18-7-1-2-8-19(18)26-17-13-23(14-17)20(24)15-5-3-9-22(11-15)12-16-6-4-10-25-16/h1-2,4,6-8,10,15,17H,3,5,9,11-14H2/t15-/m0/s1. The summed E-state index contributed by atoms with van der Waals surface area (Å²) in [6, 6.07) is 10.2. The van der Waals surface area contributed by atoms with Gasteiger partial charge in [-0.1, -0.05) is 12.1 Å². The number of likely N-dealkylation sites (tertiary alicyclic amines) is 2. The van der Waals surface area contributed by atoms with Crippen molar-refractivity contribution in [2.45, 2.75) is 25.5 Å². The molecule has 0 radical (unpaired) electrons. The minimum absolute atomic E-state index is 0.0214. The van der Waals surface area contributed by atoms with E-state index in [-0.39, 0.29) is 29.5 Å². The van der Waals surface area contributed by atoms with Gasteiger partial charge in [0.05, 0.1) is 31.8 Å². The predicted molar refractivity (Wildman–Crippen MR) is 94.1 cm³/mol. The van der Waals surface area contributed by atoms with Crippen molar-refractivity contribution >= 4 is 5.91 Å². The van der Waals surface area contributed by atoms with Gasteiger partial charge in [0.25, 0.3) is 0 Å². The second-order valence-electron chi connectivity index (χ2n) is 7.07. The molecule has 1 aromatic carbocycles. The van der Waals surface area contributed by atoms with Gasteiger partial charge in [-0.05, 0) is 43.7 Å². The number of hydrogen-bond acceptors (Lipinski definition) is 4. The van der Waals surface area contributed by atoms with Crippen LogP contribution in [-0.4, -0.2) is 48.0 Å². The topological polar surface area (TPSA) is 45.9 Å². The number of carbonyl (C=O) groups is 1. The summed E-state index contributed by atoms with van der Waals surface area (Å²) in [6.45, 7) is 3.55. The van der Waals surface area contributed by atoms with E-state index in [4.69, 9.17) is 9.15 Å². The molecule has 2 aliphatic rings. The number of piperidine rings is 1. The van der Waals surface area contributed by atoms with Crippen LogP contribution in [0, 0.1) is 11.7 Å². The van der Waals surface area contributed by atoms with Crippen molar-refractivity contribution in [1.29, 1.82) is 0 Å². The maximum atomic E-state index is 13.6. The summed E-state index contributed by atoms with van der Waals surface area (Å²) in [5, 5.41) is 0. The van der Waals surface area contributed by atoms with Gasteiger partial charge in [0.1, 0.15) is 11.9 Å². The van der Waals surface area contributed by atoms with Crippen molar-refractivity contribution < 1.29 is 18.3 Å². The number of nitrogens with zero attached hydrogens (tertiary/aromatic N) is 2. The van der Waals surface area contributed by atoms with Gasteiger partial charge in [0.2, 0.25) is 5.91 Å². The van der Waals surface area contributed by atoms with Gasteiger partial charge in [-0.2, -0.15) is 0 Å². The van der Waals surface area contributed by atoms with Crippen LogP contribution in [0.1, 0.15) is 18.6 Å². The zero-order chi connectivity index (χ0) is 17.9. The number of furan rings is 1. The Balaban J connectivity index is 1.26. The lowest BCUT2D eigenvalue weighted by atomic mass is 9.94. The average molecular weight is 358 g/mol. The normalized spacial score (nSPS) is 21.4.